The van der Waals surface area contributed by atoms with Gasteiger partial charge in [0.05, 0.1) is 18.1 Å². The first-order valence-electron chi connectivity index (χ1n) is 7.39. The zero-order chi connectivity index (χ0) is 14.1. The van der Waals surface area contributed by atoms with Gasteiger partial charge in [-0.2, -0.15) is 10.1 Å². The second-order valence-electron chi connectivity index (χ2n) is 6.40. The van der Waals surface area contributed by atoms with Gasteiger partial charge in [0.1, 0.15) is 0 Å². The molecule has 0 aromatic carbocycles. The molecule has 2 saturated carbocycles. The molecule has 5 aliphatic rings. The van der Waals surface area contributed by atoms with Gasteiger partial charge >= 0.3 is 0 Å². The van der Waals surface area contributed by atoms with E-state index in [4.69, 9.17) is 0 Å². The normalized spacial score (nSPS) is 42.8. The van der Waals surface area contributed by atoms with Crippen LogP contribution in [0.3, 0.4) is 0 Å². The Balaban J connectivity index is 1.48. The van der Waals surface area contributed by atoms with Crippen LogP contribution < -0.4 is 0 Å². The molecule has 2 bridgehead atoms. The molecule has 2 amide bonds. The quantitative estimate of drug-likeness (QED) is 0.477. The Hall–Kier alpha value is -1.75. The van der Waals surface area contributed by atoms with Crippen molar-refractivity contribution in [1.29, 1.82) is 0 Å². The van der Waals surface area contributed by atoms with Crippen molar-refractivity contribution in [3.63, 3.8) is 0 Å². The molecule has 1 saturated heterocycles. The molecule has 6 atom stereocenters. The largest absolute Gasteiger partial charge is 0.272 e. The average Bonchev–Trinajstić information content (AvgIpc) is 3.10. The Morgan fingerprint density at radius 1 is 1.14 bits per heavy atom. The molecule has 4 nitrogen and oxygen atoms in total. The summed E-state index contributed by atoms with van der Waals surface area (Å²) in [5.74, 6) is 1.31. The number of hydrogen-bond acceptors (Lipinski definition) is 4. The van der Waals surface area contributed by atoms with Gasteiger partial charge in [0.25, 0.3) is 11.8 Å². The third kappa shape index (κ3) is 1.47. The Kier molecular flexibility index (Phi) is 2.21. The SMILES string of the molecule is O=C1[C@@H]2[C@H]3C=C[C@H]([C@H]4C[C@H]34)[C@@H]2C(=O)N1/N=C\c1cccs1. The van der Waals surface area contributed by atoms with Gasteiger partial charge in [-0.15, -0.1) is 11.3 Å². The van der Waals surface area contributed by atoms with E-state index in [1.54, 1.807) is 17.6 Å². The van der Waals surface area contributed by atoms with Crippen LogP contribution in [0.1, 0.15) is 11.3 Å². The molecule has 1 aliphatic heterocycles. The van der Waals surface area contributed by atoms with E-state index < -0.39 is 0 Å². The summed E-state index contributed by atoms with van der Waals surface area (Å²) in [7, 11) is 0. The summed E-state index contributed by atoms with van der Waals surface area (Å²) in [6.07, 6.45) is 7.16. The van der Waals surface area contributed by atoms with E-state index in [1.165, 1.54) is 6.42 Å². The summed E-state index contributed by atoms with van der Waals surface area (Å²) in [6, 6.07) is 3.85. The first-order chi connectivity index (χ1) is 10.3. The summed E-state index contributed by atoms with van der Waals surface area (Å²) in [4.78, 5) is 26.2. The van der Waals surface area contributed by atoms with Crippen molar-refractivity contribution in [3.8, 4) is 0 Å². The molecular formula is C16H14N2O2S. The second kappa shape index (κ2) is 3.91. The monoisotopic (exact) mass is 298 g/mol. The number of carbonyl (C=O) groups is 2. The lowest BCUT2D eigenvalue weighted by Gasteiger charge is -2.37. The molecule has 3 fully saturated rings. The Labute approximate surface area is 126 Å². The molecule has 21 heavy (non-hydrogen) atoms. The molecule has 5 heteroatoms. The third-order valence-corrected chi connectivity index (χ3v) is 6.29. The molecule has 4 aliphatic carbocycles. The van der Waals surface area contributed by atoms with Crippen molar-refractivity contribution in [1.82, 2.24) is 5.01 Å². The van der Waals surface area contributed by atoms with Crippen molar-refractivity contribution in [2.24, 2.45) is 40.6 Å². The molecule has 0 radical (unpaired) electrons. The zero-order valence-corrected chi connectivity index (χ0v) is 12.1. The van der Waals surface area contributed by atoms with Crippen LogP contribution in [0.2, 0.25) is 0 Å². The summed E-state index contributed by atoms with van der Waals surface area (Å²) in [5, 5.41) is 7.26. The van der Waals surface area contributed by atoms with Gasteiger partial charge in [0.2, 0.25) is 0 Å². The highest BCUT2D eigenvalue weighted by molar-refractivity contribution is 7.11. The van der Waals surface area contributed by atoms with Crippen LogP contribution in [0, 0.1) is 35.5 Å². The van der Waals surface area contributed by atoms with Crippen LogP contribution in [0.4, 0.5) is 0 Å². The lowest BCUT2D eigenvalue weighted by Crippen LogP contribution is -2.40. The number of thiophene rings is 1. The van der Waals surface area contributed by atoms with Gasteiger partial charge in [-0.05, 0) is 41.5 Å². The predicted molar refractivity (Wildman–Crippen MR) is 78.5 cm³/mol. The highest BCUT2D eigenvalue weighted by Gasteiger charge is 2.67. The van der Waals surface area contributed by atoms with Gasteiger partial charge in [0, 0.05) is 4.88 Å². The number of rotatable bonds is 2. The van der Waals surface area contributed by atoms with Crippen LogP contribution in [-0.2, 0) is 9.59 Å². The maximum atomic E-state index is 12.6. The fourth-order valence-corrected chi connectivity index (χ4v) is 5.11. The van der Waals surface area contributed by atoms with Crippen molar-refractivity contribution >= 4 is 29.4 Å². The molecular weight excluding hydrogens is 284 g/mol. The summed E-state index contributed by atoms with van der Waals surface area (Å²) < 4.78 is 0. The first-order valence-corrected chi connectivity index (χ1v) is 8.27. The molecule has 0 unspecified atom stereocenters. The Morgan fingerprint density at radius 2 is 1.81 bits per heavy atom. The van der Waals surface area contributed by atoms with Crippen LogP contribution in [-0.4, -0.2) is 23.0 Å². The number of hydrazone groups is 1. The summed E-state index contributed by atoms with van der Waals surface area (Å²) >= 11 is 1.54. The molecule has 0 N–H and O–H groups in total. The molecule has 2 heterocycles. The van der Waals surface area contributed by atoms with Crippen molar-refractivity contribution < 1.29 is 9.59 Å². The number of carbonyl (C=O) groups excluding carboxylic acids is 2. The summed E-state index contributed by atoms with van der Waals surface area (Å²) in [5.41, 5.74) is 0. The Bertz CT molecular complexity index is 657. The lowest BCUT2D eigenvalue weighted by molar-refractivity contribution is -0.140. The van der Waals surface area contributed by atoms with Crippen LogP contribution in [0.25, 0.3) is 0 Å². The molecule has 1 aromatic heterocycles. The van der Waals surface area contributed by atoms with E-state index in [0.717, 1.165) is 9.89 Å². The van der Waals surface area contributed by atoms with Crippen molar-refractivity contribution in [2.75, 3.05) is 0 Å². The smallest absolute Gasteiger partial charge is 0.254 e. The number of imide groups is 1. The topological polar surface area (TPSA) is 49.7 Å². The fraction of sp³-hybridized carbons (Fsp3) is 0.438. The number of nitrogens with zero attached hydrogens (tertiary/aromatic N) is 2. The third-order valence-electron chi connectivity index (χ3n) is 5.48. The first kappa shape index (κ1) is 11.9. The Morgan fingerprint density at radius 3 is 2.38 bits per heavy atom. The van der Waals surface area contributed by atoms with Crippen LogP contribution >= 0.6 is 11.3 Å². The number of allylic oxidation sites excluding steroid dienone is 2. The van der Waals surface area contributed by atoms with Gasteiger partial charge < -0.3 is 0 Å². The van der Waals surface area contributed by atoms with Gasteiger partial charge in [-0.3, -0.25) is 9.59 Å². The lowest BCUT2D eigenvalue weighted by atomic mass is 9.63. The van der Waals surface area contributed by atoms with Crippen molar-refractivity contribution in [3.05, 3.63) is 34.5 Å². The molecule has 6 rings (SSSR count). The highest BCUT2D eigenvalue weighted by Crippen LogP contribution is 2.65. The minimum atomic E-state index is -0.156. The van der Waals surface area contributed by atoms with Crippen LogP contribution in [0.5, 0.6) is 0 Å². The van der Waals surface area contributed by atoms with E-state index in [9.17, 15) is 9.59 Å². The molecule has 106 valence electrons. The van der Waals surface area contributed by atoms with E-state index >= 15 is 0 Å². The number of hydrogen-bond donors (Lipinski definition) is 0. The van der Waals surface area contributed by atoms with Crippen molar-refractivity contribution in [2.45, 2.75) is 6.42 Å². The van der Waals surface area contributed by atoms with E-state index in [0.29, 0.717) is 11.8 Å². The van der Waals surface area contributed by atoms with Gasteiger partial charge in [-0.1, -0.05) is 18.2 Å². The number of amides is 2. The second-order valence-corrected chi connectivity index (χ2v) is 7.38. The molecule has 0 spiro atoms. The fourth-order valence-electron chi connectivity index (χ4n) is 4.53. The minimum Gasteiger partial charge on any atom is -0.272 e. The van der Waals surface area contributed by atoms with E-state index in [2.05, 4.69) is 17.3 Å². The average molecular weight is 298 g/mol. The van der Waals surface area contributed by atoms with Gasteiger partial charge in [0.15, 0.2) is 0 Å². The van der Waals surface area contributed by atoms with E-state index in [-0.39, 0.29) is 35.5 Å². The zero-order valence-electron chi connectivity index (χ0n) is 11.3. The minimum absolute atomic E-state index is 0.0949. The van der Waals surface area contributed by atoms with Crippen LogP contribution in [0.15, 0.2) is 34.8 Å². The standard InChI is InChI=1S/C16H14N2O2S/c19-15-13-9-3-4-10(12-6-11(9)12)14(13)16(20)18(15)17-7-8-2-1-5-21-8/h1-5,7,9-14H,6H2/b17-7-/t9-,10+,11-,12-,13+,14-/m1/s1. The molecule has 1 aromatic rings. The maximum Gasteiger partial charge on any atom is 0.254 e. The highest BCUT2D eigenvalue weighted by atomic mass is 32.1. The predicted octanol–water partition coefficient (Wildman–Crippen LogP) is 2.14. The van der Waals surface area contributed by atoms with E-state index in [1.807, 2.05) is 17.5 Å². The summed E-state index contributed by atoms with van der Waals surface area (Å²) in [6.45, 7) is 0. The maximum absolute atomic E-state index is 12.6. The van der Waals surface area contributed by atoms with Gasteiger partial charge in [-0.25, -0.2) is 0 Å².